The van der Waals surface area contributed by atoms with Crippen LogP contribution in [0.25, 0.3) is 0 Å². The van der Waals surface area contributed by atoms with Crippen molar-refractivity contribution in [3.8, 4) is 0 Å². The first-order valence-corrected chi connectivity index (χ1v) is 8.24. The third kappa shape index (κ3) is 7.81. The third-order valence-electron chi connectivity index (χ3n) is 3.63. The van der Waals surface area contributed by atoms with Gasteiger partial charge in [-0.05, 0) is 18.9 Å². The number of hydrogen-bond acceptors (Lipinski definition) is 2. The molecule has 0 aliphatic carbocycles. The van der Waals surface area contributed by atoms with Crippen molar-refractivity contribution in [2.45, 2.75) is 58.4 Å². The smallest absolute Gasteiger partial charge is 0.239 e. The van der Waals surface area contributed by atoms with Crippen LogP contribution in [0.15, 0.2) is 30.3 Å². The molecule has 2 amide bonds. The maximum atomic E-state index is 11.8. The molecule has 0 unspecified atom stereocenters. The summed E-state index contributed by atoms with van der Waals surface area (Å²) in [7, 11) is 0. The number of hydrogen-bond donors (Lipinski definition) is 2. The number of amides is 2. The van der Waals surface area contributed by atoms with Gasteiger partial charge in [0.05, 0.1) is 12.6 Å². The Morgan fingerprint density at radius 3 is 2.36 bits per heavy atom. The quantitative estimate of drug-likeness (QED) is 0.651. The molecule has 0 spiro atoms. The van der Waals surface area contributed by atoms with Gasteiger partial charge in [-0.15, -0.1) is 0 Å². The van der Waals surface area contributed by atoms with Gasteiger partial charge in [0, 0.05) is 6.42 Å². The molecule has 22 heavy (non-hydrogen) atoms. The number of benzene rings is 1. The standard InChI is InChI=1S/C18H28N2O2/c1-3-4-5-6-10-13-17(21)19-14-18(22)20-15(2)16-11-8-7-9-12-16/h7-9,11-12,15H,3-6,10,13-14H2,1-2H3,(H,19,21)(H,20,22)/t15-/m0/s1. The van der Waals surface area contributed by atoms with Gasteiger partial charge in [-0.3, -0.25) is 9.59 Å². The van der Waals surface area contributed by atoms with E-state index in [4.69, 9.17) is 0 Å². The summed E-state index contributed by atoms with van der Waals surface area (Å²) in [6.45, 7) is 4.15. The minimum absolute atomic E-state index is 0.0426. The summed E-state index contributed by atoms with van der Waals surface area (Å²) in [4.78, 5) is 23.5. The van der Waals surface area contributed by atoms with Gasteiger partial charge in [-0.1, -0.05) is 62.9 Å². The lowest BCUT2D eigenvalue weighted by atomic mass is 10.1. The van der Waals surface area contributed by atoms with E-state index in [0.717, 1.165) is 18.4 Å². The molecule has 0 bridgehead atoms. The fraction of sp³-hybridized carbons (Fsp3) is 0.556. The van der Waals surface area contributed by atoms with Crippen molar-refractivity contribution >= 4 is 11.8 Å². The van der Waals surface area contributed by atoms with E-state index in [9.17, 15) is 9.59 Å². The van der Waals surface area contributed by atoms with Crippen LogP contribution in [-0.2, 0) is 9.59 Å². The zero-order valence-electron chi connectivity index (χ0n) is 13.7. The molecule has 1 aromatic rings. The van der Waals surface area contributed by atoms with E-state index in [-0.39, 0.29) is 24.4 Å². The van der Waals surface area contributed by atoms with Crippen molar-refractivity contribution in [2.75, 3.05) is 6.54 Å². The SMILES string of the molecule is CCCCCCCC(=O)NCC(=O)N[C@@H](C)c1ccccc1. The van der Waals surface area contributed by atoms with Gasteiger partial charge < -0.3 is 10.6 Å². The lowest BCUT2D eigenvalue weighted by Gasteiger charge is -2.14. The summed E-state index contributed by atoms with van der Waals surface area (Å²) in [6, 6.07) is 9.72. The molecule has 122 valence electrons. The molecule has 2 N–H and O–H groups in total. The van der Waals surface area contributed by atoms with Crippen LogP contribution in [-0.4, -0.2) is 18.4 Å². The van der Waals surface area contributed by atoms with Crippen molar-refractivity contribution in [1.82, 2.24) is 10.6 Å². The monoisotopic (exact) mass is 304 g/mol. The predicted octanol–water partition coefficient (Wildman–Crippen LogP) is 3.34. The van der Waals surface area contributed by atoms with Crippen LogP contribution < -0.4 is 10.6 Å². The Morgan fingerprint density at radius 1 is 1.00 bits per heavy atom. The van der Waals surface area contributed by atoms with Crippen molar-refractivity contribution in [2.24, 2.45) is 0 Å². The van der Waals surface area contributed by atoms with Gasteiger partial charge in [0.1, 0.15) is 0 Å². The normalized spacial score (nSPS) is 11.7. The third-order valence-corrected chi connectivity index (χ3v) is 3.63. The lowest BCUT2D eigenvalue weighted by molar-refractivity contribution is -0.126. The number of rotatable bonds is 10. The molecule has 4 nitrogen and oxygen atoms in total. The fourth-order valence-electron chi connectivity index (χ4n) is 2.27. The van der Waals surface area contributed by atoms with Crippen LogP contribution >= 0.6 is 0 Å². The van der Waals surface area contributed by atoms with Gasteiger partial charge in [0.25, 0.3) is 0 Å². The fourth-order valence-corrected chi connectivity index (χ4v) is 2.27. The number of nitrogens with one attached hydrogen (secondary N) is 2. The molecule has 0 heterocycles. The summed E-state index contributed by atoms with van der Waals surface area (Å²) < 4.78 is 0. The highest BCUT2D eigenvalue weighted by molar-refractivity contribution is 5.84. The van der Waals surface area contributed by atoms with E-state index in [1.165, 1.54) is 19.3 Å². The predicted molar refractivity (Wildman–Crippen MR) is 89.4 cm³/mol. The molecular weight excluding hydrogens is 276 g/mol. The number of unbranched alkanes of at least 4 members (excludes halogenated alkanes) is 4. The first kappa shape index (κ1) is 18.2. The molecule has 0 aromatic heterocycles. The first-order chi connectivity index (χ1) is 10.6. The highest BCUT2D eigenvalue weighted by Crippen LogP contribution is 2.10. The van der Waals surface area contributed by atoms with Crippen LogP contribution in [0.5, 0.6) is 0 Å². The van der Waals surface area contributed by atoms with Gasteiger partial charge >= 0.3 is 0 Å². The second kappa shape index (κ2) is 10.8. The van der Waals surface area contributed by atoms with Crippen LogP contribution in [0, 0.1) is 0 Å². The summed E-state index contributed by atoms with van der Waals surface area (Å²) in [6.07, 6.45) is 6.09. The molecule has 0 radical (unpaired) electrons. The highest BCUT2D eigenvalue weighted by Gasteiger charge is 2.10. The van der Waals surface area contributed by atoms with Gasteiger partial charge in [-0.25, -0.2) is 0 Å². The average Bonchev–Trinajstić information content (AvgIpc) is 2.53. The Bertz CT molecular complexity index is 446. The Kier molecular flexibility index (Phi) is 8.96. The Hall–Kier alpha value is -1.84. The largest absolute Gasteiger partial charge is 0.348 e. The van der Waals surface area contributed by atoms with Crippen molar-refractivity contribution in [1.29, 1.82) is 0 Å². The number of carbonyl (C=O) groups is 2. The van der Waals surface area contributed by atoms with E-state index in [0.29, 0.717) is 6.42 Å². The molecular formula is C18H28N2O2. The van der Waals surface area contributed by atoms with E-state index >= 15 is 0 Å². The van der Waals surface area contributed by atoms with Gasteiger partial charge in [0.15, 0.2) is 0 Å². The Balaban J connectivity index is 2.16. The van der Waals surface area contributed by atoms with E-state index in [1.807, 2.05) is 37.3 Å². The maximum absolute atomic E-state index is 11.8. The van der Waals surface area contributed by atoms with Crippen LogP contribution in [0.4, 0.5) is 0 Å². The number of carbonyl (C=O) groups excluding carboxylic acids is 2. The van der Waals surface area contributed by atoms with Crippen LogP contribution in [0.1, 0.15) is 64.0 Å². The molecule has 1 atom stereocenters. The minimum Gasteiger partial charge on any atom is -0.348 e. The molecule has 1 aromatic carbocycles. The summed E-state index contributed by atoms with van der Waals surface area (Å²) in [5, 5.41) is 5.56. The Labute approximate surface area is 133 Å². The zero-order valence-corrected chi connectivity index (χ0v) is 13.7. The zero-order chi connectivity index (χ0) is 16.2. The van der Waals surface area contributed by atoms with Crippen molar-refractivity contribution in [3.05, 3.63) is 35.9 Å². The first-order valence-electron chi connectivity index (χ1n) is 8.24. The lowest BCUT2D eigenvalue weighted by Crippen LogP contribution is -2.37. The molecule has 0 saturated carbocycles. The van der Waals surface area contributed by atoms with E-state index in [1.54, 1.807) is 0 Å². The van der Waals surface area contributed by atoms with E-state index < -0.39 is 0 Å². The molecule has 0 aliphatic heterocycles. The summed E-state index contributed by atoms with van der Waals surface area (Å²) in [5.74, 6) is -0.199. The van der Waals surface area contributed by atoms with Crippen molar-refractivity contribution in [3.63, 3.8) is 0 Å². The molecule has 4 heteroatoms. The second-order valence-corrected chi connectivity index (χ2v) is 5.64. The van der Waals surface area contributed by atoms with Gasteiger partial charge in [0.2, 0.25) is 11.8 Å². The molecule has 1 rings (SSSR count). The second-order valence-electron chi connectivity index (χ2n) is 5.64. The Morgan fingerprint density at radius 2 is 1.68 bits per heavy atom. The average molecular weight is 304 g/mol. The van der Waals surface area contributed by atoms with Crippen LogP contribution in [0.3, 0.4) is 0 Å². The maximum Gasteiger partial charge on any atom is 0.239 e. The molecule has 0 saturated heterocycles. The van der Waals surface area contributed by atoms with Gasteiger partial charge in [-0.2, -0.15) is 0 Å². The topological polar surface area (TPSA) is 58.2 Å². The molecule has 0 aliphatic rings. The van der Waals surface area contributed by atoms with Crippen LogP contribution in [0.2, 0.25) is 0 Å². The van der Waals surface area contributed by atoms with E-state index in [2.05, 4.69) is 17.6 Å². The van der Waals surface area contributed by atoms with Crippen molar-refractivity contribution < 1.29 is 9.59 Å². The minimum atomic E-state index is -0.157. The highest BCUT2D eigenvalue weighted by atomic mass is 16.2. The summed E-state index contributed by atoms with van der Waals surface area (Å²) in [5.41, 5.74) is 1.05. The molecule has 0 fully saturated rings. The summed E-state index contributed by atoms with van der Waals surface area (Å²) >= 11 is 0.